The fraction of sp³-hybridized carbons (Fsp3) is 0.308. The van der Waals surface area contributed by atoms with E-state index in [1.54, 1.807) is 11.8 Å². The second-order valence-electron chi connectivity index (χ2n) is 3.70. The Morgan fingerprint density at radius 2 is 2.12 bits per heavy atom. The predicted molar refractivity (Wildman–Crippen MR) is 69.8 cm³/mol. The topological polar surface area (TPSA) is 49.6 Å². The minimum atomic E-state index is 0.606. The van der Waals surface area contributed by atoms with Gasteiger partial charge in [0.25, 0.3) is 0 Å². The first-order chi connectivity index (χ1) is 8.31. The molecule has 0 saturated heterocycles. The molecule has 0 atom stereocenters. The number of para-hydroxylation sites is 1. The third-order valence-corrected chi connectivity index (χ3v) is 3.43. The maximum absolute atomic E-state index is 8.49. The van der Waals surface area contributed by atoms with Gasteiger partial charge in [0.05, 0.1) is 11.6 Å². The van der Waals surface area contributed by atoms with Crippen molar-refractivity contribution in [2.75, 3.05) is 5.75 Å². The molecular formula is C13H13N3S. The molecule has 0 aliphatic carbocycles. The van der Waals surface area contributed by atoms with E-state index in [-0.39, 0.29) is 0 Å². The molecule has 0 aliphatic heterocycles. The minimum Gasteiger partial charge on any atom is -0.233 e. The zero-order valence-corrected chi connectivity index (χ0v) is 10.5. The lowest BCUT2D eigenvalue weighted by atomic mass is 10.2. The van der Waals surface area contributed by atoms with Crippen molar-refractivity contribution in [1.82, 2.24) is 9.97 Å². The lowest BCUT2D eigenvalue weighted by Crippen LogP contribution is -1.93. The molecular weight excluding hydrogens is 230 g/mol. The van der Waals surface area contributed by atoms with Crippen LogP contribution in [0.3, 0.4) is 0 Å². The highest BCUT2D eigenvalue weighted by atomic mass is 32.2. The van der Waals surface area contributed by atoms with Crippen LogP contribution in [0.5, 0.6) is 0 Å². The first-order valence-electron chi connectivity index (χ1n) is 5.54. The zero-order valence-electron chi connectivity index (χ0n) is 9.68. The maximum Gasteiger partial charge on any atom is 0.127 e. The van der Waals surface area contributed by atoms with Crippen LogP contribution in [0, 0.1) is 18.3 Å². The van der Waals surface area contributed by atoms with Crippen LogP contribution < -0.4 is 0 Å². The van der Waals surface area contributed by atoms with Crippen molar-refractivity contribution < 1.29 is 0 Å². The molecule has 3 nitrogen and oxygen atoms in total. The number of hydrogen-bond acceptors (Lipinski definition) is 4. The Morgan fingerprint density at radius 1 is 1.29 bits per heavy atom. The van der Waals surface area contributed by atoms with Crippen LogP contribution in [-0.2, 0) is 0 Å². The molecule has 0 unspecified atom stereocenters. The fourth-order valence-corrected chi connectivity index (χ4v) is 2.60. The highest BCUT2D eigenvalue weighted by Gasteiger charge is 2.05. The number of nitrogens with zero attached hydrogens (tertiary/aromatic N) is 3. The molecule has 0 amide bonds. The van der Waals surface area contributed by atoms with Gasteiger partial charge in [-0.15, -0.1) is 11.8 Å². The summed E-state index contributed by atoms with van der Waals surface area (Å²) in [5.41, 5.74) is 0.989. The van der Waals surface area contributed by atoms with E-state index >= 15 is 0 Å². The molecule has 0 spiro atoms. The summed E-state index contributed by atoms with van der Waals surface area (Å²) in [5.74, 6) is 1.72. The van der Waals surface area contributed by atoms with Crippen LogP contribution in [0.2, 0.25) is 0 Å². The maximum atomic E-state index is 8.49. The van der Waals surface area contributed by atoms with Gasteiger partial charge in [-0.3, -0.25) is 0 Å². The van der Waals surface area contributed by atoms with E-state index in [0.717, 1.165) is 33.9 Å². The number of fused-ring (bicyclic) bond motifs is 1. The molecule has 0 fully saturated rings. The minimum absolute atomic E-state index is 0.606. The summed E-state index contributed by atoms with van der Waals surface area (Å²) in [6.45, 7) is 1.91. The van der Waals surface area contributed by atoms with Crippen LogP contribution in [0.1, 0.15) is 18.7 Å². The van der Waals surface area contributed by atoms with Crippen LogP contribution in [0.25, 0.3) is 10.9 Å². The Morgan fingerprint density at radius 3 is 2.94 bits per heavy atom. The first-order valence-corrected chi connectivity index (χ1v) is 6.53. The molecule has 2 aromatic rings. The number of nitriles is 1. The Hall–Kier alpha value is -1.60. The molecule has 0 N–H and O–H groups in total. The van der Waals surface area contributed by atoms with E-state index in [1.165, 1.54) is 0 Å². The summed E-state index contributed by atoms with van der Waals surface area (Å²) in [4.78, 5) is 8.87. The SMILES string of the molecule is Cc1nc(SCCCC#N)c2ccccc2n1. The summed E-state index contributed by atoms with van der Waals surface area (Å²) in [7, 11) is 0. The monoisotopic (exact) mass is 243 g/mol. The number of aryl methyl sites for hydroxylation is 1. The van der Waals surface area contributed by atoms with Gasteiger partial charge in [-0.1, -0.05) is 18.2 Å². The molecule has 2 rings (SSSR count). The van der Waals surface area contributed by atoms with Crippen molar-refractivity contribution in [3.63, 3.8) is 0 Å². The molecule has 1 aromatic carbocycles. The van der Waals surface area contributed by atoms with Crippen molar-refractivity contribution in [2.45, 2.75) is 24.8 Å². The normalized spacial score (nSPS) is 10.4. The van der Waals surface area contributed by atoms with E-state index in [4.69, 9.17) is 5.26 Å². The van der Waals surface area contributed by atoms with Gasteiger partial charge in [-0.25, -0.2) is 9.97 Å². The standard InChI is InChI=1S/C13H13N3S/c1-10-15-12-7-3-2-6-11(12)13(16-10)17-9-5-4-8-14/h2-3,6-7H,4-5,9H2,1H3. The van der Waals surface area contributed by atoms with Crippen molar-refractivity contribution in [2.24, 2.45) is 0 Å². The highest BCUT2D eigenvalue weighted by Crippen LogP contribution is 2.25. The number of hydrogen-bond donors (Lipinski definition) is 0. The van der Waals surface area contributed by atoms with E-state index in [9.17, 15) is 0 Å². The Balaban J connectivity index is 2.23. The lowest BCUT2D eigenvalue weighted by molar-refractivity contribution is 0.970. The number of rotatable bonds is 4. The third-order valence-electron chi connectivity index (χ3n) is 2.35. The Labute approximate surface area is 105 Å². The van der Waals surface area contributed by atoms with Crippen LogP contribution in [0.4, 0.5) is 0 Å². The Kier molecular flexibility index (Phi) is 3.94. The van der Waals surface area contributed by atoms with E-state index in [0.29, 0.717) is 6.42 Å². The molecule has 0 aliphatic rings. The number of aromatic nitrogens is 2. The summed E-state index contributed by atoms with van der Waals surface area (Å²) in [6.07, 6.45) is 1.51. The summed E-state index contributed by atoms with van der Waals surface area (Å²) in [5, 5.41) is 10.6. The summed E-state index contributed by atoms with van der Waals surface area (Å²) >= 11 is 1.70. The number of unbranched alkanes of at least 4 members (excludes halogenated alkanes) is 1. The zero-order chi connectivity index (χ0) is 12.1. The third kappa shape index (κ3) is 2.95. The average Bonchev–Trinajstić information content (AvgIpc) is 2.34. The molecule has 1 aromatic heterocycles. The van der Waals surface area contributed by atoms with Gasteiger partial charge >= 0.3 is 0 Å². The summed E-state index contributed by atoms with van der Waals surface area (Å²) < 4.78 is 0. The molecule has 1 heterocycles. The molecule has 17 heavy (non-hydrogen) atoms. The molecule has 4 heteroatoms. The average molecular weight is 243 g/mol. The fourth-order valence-electron chi connectivity index (χ4n) is 1.59. The van der Waals surface area contributed by atoms with Crippen molar-refractivity contribution in [3.05, 3.63) is 30.1 Å². The predicted octanol–water partition coefficient (Wildman–Crippen LogP) is 3.33. The summed E-state index contributed by atoms with van der Waals surface area (Å²) in [6, 6.07) is 10.2. The molecule has 86 valence electrons. The Bertz CT molecular complexity index is 560. The van der Waals surface area contributed by atoms with E-state index in [2.05, 4.69) is 16.0 Å². The molecule has 0 radical (unpaired) electrons. The van der Waals surface area contributed by atoms with Crippen LogP contribution >= 0.6 is 11.8 Å². The first kappa shape index (κ1) is 11.9. The molecule has 0 bridgehead atoms. The highest BCUT2D eigenvalue weighted by molar-refractivity contribution is 7.99. The lowest BCUT2D eigenvalue weighted by Gasteiger charge is -2.05. The second-order valence-corrected chi connectivity index (χ2v) is 4.79. The van der Waals surface area contributed by atoms with Crippen LogP contribution in [-0.4, -0.2) is 15.7 Å². The largest absolute Gasteiger partial charge is 0.233 e. The van der Waals surface area contributed by atoms with Gasteiger partial charge in [0.15, 0.2) is 0 Å². The quantitative estimate of drug-likeness (QED) is 0.469. The van der Waals surface area contributed by atoms with Crippen molar-refractivity contribution in [1.29, 1.82) is 5.26 Å². The van der Waals surface area contributed by atoms with Gasteiger partial charge in [0.1, 0.15) is 10.9 Å². The second kappa shape index (κ2) is 5.65. The number of thioether (sulfide) groups is 1. The van der Waals surface area contributed by atoms with E-state index < -0.39 is 0 Å². The smallest absolute Gasteiger partial charge is 0.127 e. The van der Waals surface area contributed by atoms with Gasteiger partial charge in [-0.2, -0.15) is 5.26 Å². The molecule has 0 saturated carbocycles. The van der Waals surface area contributed by atoms with Gasteiger partial charge in [0, 0.05) is 17.6 Å². The number of benzene rings is 1. The van der Waals surface area contributed by atoms with Gasteiger partial charge in [0.2, 0.25) is 0 Å². The van der Waals surface area contributed by atoms with Crippen molar-refractivity contribution in [3.8, 4) is 6.07 Å². The van der Waals surface area contributed by atoms with Crippen LogP contribution in [0.15, 0.2) is 29.3 Å². The van der Waals surface area contributed by atoms with Crippen molar-refractivity contribution >= 4 is 22.7 Å². The van der Waals surface area contributed by atoms with E-state index in [1.807, 2.05) is 31.2 Å². The van der Waals surface area contributed by atoms with Gasteiger partial charge in [-0.05, 0) is 19.4 Å². The van der Waals surface area contributed by atoms with Gasteiger partial charge < -0.3 is 0 Å².